The van der Waals surface area contributed by atoms with E-state index in [2.05, 4.69) is 20.0 Å². The summed E-state index contributed by atoms with van der Waals surface area (Å²) in [7, 11) is 0. The predicted octanol–water partition coefficient (Wildman–Crippen LogP) is 2.22. The second-order valence-corrected chi connectivity index (χ2v) is 7.22. The van der Waals surface area contributed by atoms with E-state index in [0.29, 0.717) is 23.7 Å². The van der Waals surface area contributed by atoms with Crippen LogP contribution in [0.2, 0.25) is 0 Å². The van der Waals surface area contributed by atoms with E-state index in [1.54, 1.807) is 6.20 Å². The first kappa shape index (κ1) is 14.2. The highest BCUT2D eigenvalue weighted by atomic mass is 16.5. The average Bonchev–Trinajstić information content (AvgIpc) is 3.54. The maximum Gasteiger partial charge on any atom is 0.293 e. The lowest BCUT2D eigenvalue weighted by molar-refractivity contribution is 0.364. The Morgan fingerprint density at radius 2 is 1.83 bits per heavy atom. The summed E-state index contributed by atoms with van der Waals surface area (Å²) in [5.41, 5.74) is 0.0500. The highest BCUT2D eigenvalue weighted by Crippen LogP contribution is 2.40. The molecule has 1 aliphatic heterocycles. The molecule has 5 rings (SSSR count). The second-order valence-electron chi connectivity index (χ2n) is 7.22. The van der Waals surface area contributed by atoms with Crippen LogP contribution in [0.25, 0.3) is 0 Å². The number of piperidine rings is 1. The standard InChI is InChI=1S/C17H21N5O2/c23-17-15(18-7-10-22(17)13-3-4-13)21-8-5-11(6-9-21)14-19-16(24-20-14)12-1-2-12/h7,10-13H,1-6,8-9H2. The molecule has 0 atom stereocenters. The van der Waals surface area contributed by atoms with Crippen LogP contribution >= 0.6 is 0 Å². The molecule has 1 saturated heterocycles. The summed E-state index contributed by atoms with van der Waals surface area (Å²) in [6.07, 6.45) is 9.99. The smallest absolute Gasteiger partial charge is 0.293 e. The fraction of sp³-hybridized carbons (Fsp3) is 0.647. The lowest BCUT2D eigenvalue weighted by atomic mass is 9.96. The van der Waals surface area contributed by atoms with Crippen LogP contribution in [0.1, 0.15) is 68.1 Å². The van der Waals surface area contributed by atoms with Gasteiger partial charge in [0, 0.05) is 43.4 Å². The molecule has 3 fully saturated rings. The van der Waals surface area contributed by atoms with Gasteiger partial charge in [0.1, 0.15) is 0 Å². The molecule has 0 bridgehead atoms. The fourth-order valence-corrected chi connectivity index (χ4v) is 3.53. The molecule has 0 aromatic carbocycles. The minimum Gasteiger partial charge on any atom is -0.352 e. The van der Waals surface area contributed by atoms with Crippen LogP contribution in [0.4, 0.5) is 5.82 Å². The molecular formula is C17H21N5O2. The Hall–Kier alpha value is -2.18. The SMILES string of the molecule is O=c1c(N2CCC(c3noc(C4CC4)n3)CC2)nccn1C1CC1. The minimum absolute atomic E-state index is 0.0500. The molecule has 2 aliphatic carbocycles. The van der Waals surface area contributed by atoms with E-state index in [4.69, 9.17) is 4.52 Å². The highest BCUT2D eigenvalue weighted by molar-refractivity contribution is 5.37. The van der Waals surface area contributed by atoms with Crippen molar-refractivity contribution < 1.29 is 4.52 Å². The summed E-state index contributed by atoms with van der Waals surface area (Å²) in [5, 5.41) is 4.18. The number of aromatic nitrogens is 4. The van der Waals surface area contributed by atoms with Gasteiger partial charge in [0.15, 0.2) is 11.6 Å². The van der Waals surface area contributed by atoms with Crippen molar-refractivity contribution in [3.63, 3.8) is 0 Å². The Bertz CT molecular complexity index is 797. The third-order valence-corrected chi connectivity index (χ3v) is 5.33. The number of anilines is 1. The van der Waals surface area contributed by atoms with Gasteiger partial charge in [-0.15, -0.1) is 0 Å². The van der Waals surface area contributed by atoms with Crippen LogP contribution < -0.4 is 10.5 Å². The largest absolute Gasteiger partial charge is 0.352 e. The normalized spacial score (nSPS) is 22.1. The topological polar surface area (TPSA) is 77.1 Å². The van der Waals surface area contributed by atoms with Crippen molar-refractivity contribution in [2.45, 2.75) is 56.4 Å². The van der Waals surface area contributed by atoms with Crippen molar-refractivity contribution >= 4 is 5.82 Å². The van der Waals surface area contributed by atoms with E-state index in [1.165, 1.54) is 12.8 Å². The average molecular weight is 327 g/mol. The first-order valence-electron chi connectivity index (χ1n) is 8.95. The Morgan fingerprint density at radius 1 is 1.04 bits per heavy atom. The van der Waals surface area contributed by atoms with Crippen LogP contribution in [0, 0.1) is 0 Å². The van der Waals surface area contributed by atoms with Crippen molar-refractivity contribution in [1.82, 2.24) is 19.7 Å². The summed E-state index contributed by atoms with van der Waals surface area (Å²) in [6, 6.07) is 0.386. The van der Waals surface area contributed by atoms with Crippen LogP contribution in [-0.2, 0) is 0 Å². The van der Waals surface area contributed by atoms with E-state index in [0.717, 1.165) is 50.5 Å². The molecular weight excluding hydrogens is 306 g/mol. The predicted molar refractivity (Wildman–Crippen MR) is 87.2 cm³/mol. The zero-order valence-corrected chi connectivity index (χ0v) is 13.6. The van der Waals surface area contributed by atoms with Gasteiger partial charge in [-0.2, -0.15) is 4.98 Å². The molecule has 0 spiro atoms. The molecule has 2 aromatic heterocycles. The van der Waals surface area contributed by atoms with Crippen molar-refractivity contribution in [3.05, 3.63) is 34.5 Å². The zero-order valence-electron chi connectivity index (χ0n) is 13.6. The Kier molecular flexibility index (Phi) is 3.21. The maximum atomic E-state index is 12.6. The molecule has 0 radical (unpaired) electrons. The molecule has 126 valence electrons. The maximum absolute atomic E-state index is 12.6. The summed E-state index contributed by atoms with van der Waals surface area (Å²) in [4.78, 5) is 23.6. The van der Waals surface area contributed by atoms with Gasteiger partial charge in [0.25, 0.3) is 5.56 Å². The van der Waals surface area contributed by atoms with Gasteiger partial charge in [-0.3, -0.25) is 4.79 Å². The first-order valence-corrected chi connectivity index (χ1v) is 8.95. The number of hydrogen-bond acceptors (Lipinski definition) is 6. The minimum atomic E-state index is 0.0500. The van der Waals surface area contributed by atoms with Crippen molar-refractivity contribution in [2.75, 3.05) is 18.0 Å². The Labute approximate surface area is 139 Å². The Balaban J connectivity index is 1.29. The van der Waals surface area contributed by atoms with E-state index < -0.39 is 0 Å². The van der Waals surface area contributed by atoms with Crippen LogP contribution in [0.3, 0.4) is 0 Å². The van der Waals surface area contributed by atoms with E-state index in [-0.39, 0.29) is 5.56 Å². The van der Waals surface area contributed by atoms with Crippen LogP contribution in [0.5, 0.6) is 0 Å². The quantitative estimate of drug-likeness (QED) is 0.857. The molecule has 0 amide bonds. The molecule has 2 saturated carbocycles. The van der Waals surface area contributed by atoms with Gasteiger partial charge in [0.2, 0.25) is 5.89 Å². The Morgan fingerprint density at radius 3 is 2.54 bits per heavy atom. The van der Waals surface area contributed by atoms with Gasteiger partial charge in [-0.25, -0.2) is 4.98 Å². The lowest BCUT2D eigenvalue weighted by Crippen LogP contribution is -2.38. The number of nitrogens with zero attached hydrogens (tertiary/aromatic N) is 5. The van der Waals surface area contributed by atoms with E-state index >= 15 is 0 Å². The molecule has 7 nitrogen and oxygen atoms in total. The molecule has 3 aliphatic rings. The summed E-state index contributed by atoms with van der Waals surface area (Å²) in [6.45, 7) is 1.63. The van der Waals surface area contributed by atoms with Crippen molar-refractivity contribution in [1.29, 1.82) is 0 Å². The summed E-state index contributed by atoms with van der Waals surface area (Å²) in [5.74, 6) is 3.07. The van der Waals surface area contributed by atoms with Gasteiger partial charge in [-0.1, -0.05) is 5.16 Å². The zero-order chi connectivity index (χ0) is 16.1. The molecule has 7 heteroatoms. The fourth-order valence-electron chi connectivity index (χ4n) is 3.53. The highest BCUT2D eigenvalue weighted by Gasteiger charge is 2.32. The summed E-state index contributed by atoms with van der Waals surface area (Å²) < 4.78 is 7.22. The summed E-state index contributed by atoms with van der Waals surface area (Å²) >= 11 is 0. The monoisotopic (exact) mass is 327 g/mol. The van der Waals surface area contributed by atoms with Gasteiger partial charge < -0.3 is 14.0 Å². The van der Waals surface area contributed by atoms with Crippen LogP contribution in [-0.4, -0.2) is 32.8 Å². The molecule has 0 N–H and O–H groups in total. The first-order chi connectivity index (χ1) is 11.8. The third-order valence-electron chi connectivity index (χ3n) is 5.33. The molecule has 3 heterocycles. The van der Waals surface area contributed by atoms with Crippen LogP contribution in [0.15, 0.2) is 21.7 Å². The van der Waals surface area contributed by atoms with E-state index in [1.807, 2.05) is 10.8 Å². The van der Waals surface area contributed by atoms with Gasteiger partial charge in [0.05, 0.1) is 0 Å². The van der Waals surface area contributed by atoms with Gasteiger partial charge in [-0.05, 0) is 38.5 Å². The molecule has 2 aromatic rings. The lowest BCUT2D eigenvalue weighted by Gasteiger charge is -2.31. The number of rotatable bonds is 4. The van der Waals surface area contributed by atoms with Crippen molar-refractivity contribution in [3.8, 4) is 0 Å². The molecule has 0 unspecified atom stereocenters. The van der Waals surface area contributed by atoms with Gasteiger partial charge >= 0.3 is 0 Å². The third kappa shape index (κ3) is 2.52. The second kappa shape index (κ2) is 5.43. The van der Waals surface area contributed by atoms with Crippen molar-refractivity contribution in [2.24, 2.45) is 0 Å². The molecule has 24 heavy (non-hydrogen) atoms. The van der Waals surface area contributed by atoms with E-state index in [9.17, 15) is 4.79 Å². The number of hydrogen-bond donors (Lipinski definition) is 0.